The first-order valence-corrected chi connectivity index (χ1v) is 17.1. The maximum Gasteiger partial charge on any atom is 0.434 e. The SMILES string of the molecule is Cc1nc(-c2ccc(C3c4c(c5cc(Br)ccc5n4C(=O)OC(C)(C)C)CON3C(=O)OCC3c4ccccc4-c4ccccc43)cc2)no1. The zero-order chi connectivity index (χ0) is 34.7. The average Bonchev–Trinajstić information content (AvgIpc) is 3.78. The Bertz CT molecular complexity index is 2240. The number of rotatable bonds is 4. The fourth-order valence-electron chi connectivity index (χ4n) is 6.95. The van der Waals surface area contributed by atoms with Crippen molar-refractivity contribution >= 4 is 39.0 Å². The van der Waals surface area contributed by atoms with Gasteiger partial charge in [-0.05, 0) is 66.8 Å². The van der Waals surface area contributed by atoms with Crippen LogP contribution in [0, 0.1) is 6.92 Å². The van der Waals surface area contributed by atoms with Crippen molar-refractivity contribution in [3.05, 3.63) is 129 Å². The molecule has 8 rings (SSSR count). The topological polar surface area (TPSA) is 109 Å². The number of amides is 1. The number of ether oxygens (including phenoxy) is 2. The average molecular weight is 734 g/mol. The third kappa shape index (κ3) is 5.56. The van der Waals surface area contributed by atoms with E-state index >= 15 is 0 Å². The number of hydrogen-bond donors (Lipinski definition) is 0. The van der Waals surface area contributed by atoms with E-state index in [4.69, 9.17) is 18.8 Å². The summed E-state index contributed by atoms with van der Waals surface area (Å²) in [5.74, 6) is 0.744. The van der Waals surface area contributed by atoms with Crippen molar-refractivity contribution in [2.45, 2.75) is 51.9 Å². The number of fused-ring (bicyclic) bond motifs is 6. The van der Waals surface area contributed by atoms with E-state index in [1.54, 1.807) is 11.5 Å². The molecule has 11 heteroatoms. The molecule has 0 fully saturated rings. The Morgan fingerprint density at radius 2 is 1.60 bits per heavy atom. The molecule has 0 radical (unpaired) electrons. The highest BCUT2D eigenvalue weighted by Gasteiger charge is 2.42. The molecule has 0 N–H and O–H groups in total. The van der Waals surface area contributed by atoms with Gasteiger partial charge in [-0.15, -0.1) is 0 Å². The van der Waals surface area contributed by atoms with Crippen LogP contribution in [-0.2, 0) is 20.9 Å². The van der Waals surface area contributed by atoms with Gasteiger partial charge in [-0.25, -0.2) is 14.2 Å². The van der Waals surface area contributed by atoms with Gasteiger partial charge in [-0.2, -0.15) is 10.0 Å². The molecule has 0 saturated heterocycles. The number of aryl methyl sites for hydroxylation is 1. The van der Waals surface area contributed by atoms with Crippen molar-refractivity contribution < 1.29 is 28.4 Å². The molecule has 3 heterocycles. The molecule has 2 aliphatic rings. The van der Waals surface area contributed by atoms with Gasteiger partial charge in [0.05, 0.1) is 11.2 Å². The number of carbonyl (C=O) groups excluding carboxylic acids is 2. The van der Waals surface area contributed by atoms with Crippen LogP contribution in [0.3, 0.4) is 0 Å². The molecule has 0 saturated carbocycles. The number of nitrogens with zero attached hydrogens (tertiary/aromatic N) is 4. The van der Waals surface area contributed by atoms with Gasteiger partial charge in [-0.1, -0.05) is 93.9 Å². The quantitative estimate of drug-likeness (QED) is 0.176. The third-order valence-corrected chi connectivity index (χ3v) is 9.51. The van der Waals surface area contributed by atoms with E-state index in [1.807, 2.05) is 87.5 Å². The minimum absolute atomic E-state index is 0.0268. The van der Waals surface area contributed by atoms with Crippen LogP contribution < -0.4 is 0 Å². The summed E-state index contributed by atoms with van der Waals surface area (Å²) >= 11 is 3.59. The largest absolute Gasteiger partial charge is 0.447 e. The van der Waals surface area contributed by atoms with Crippen molar-refractivity contribution in [3.63, 3.8) is 0 Å². The molecule has 1 amide bonds. The number of carbonyl (C=O) groups is 2. The van der Waals surface area contributed by atoms with E-state index in [9.17, 15) is 9.59 Å². The fourth-order valence-corrected chi connectivity index (χ4v) is 7.31. The van der Waals surface area contributed by atoms with Crippen LogP contribution >= 0.6 is 15.9 Å². The predicted molar refractivity (Wildman–Crippen MR) is 189 cm³/mol. The van der Waals surface area contributed by atoms with Crippen molar-refractivity contribution in [2.75, 3.05) is 6.61 Å². The first kappa shape index (κ1) is 32.0. The van der Waals surface area contributed by atoms with Gasteiger partial charge in [0, 0.05) is 33.8 Å². The molecule has 4 aromatic carbocycles. The smallest absolute Gasteiger partial charge is 0.434 e. The molecule has 50 heavy (non-hydrogen) atoms. The summed E-state index contributed by atoms with van der Waals surface area (Å²) in [6, 6.07) is 28.6. The van der Waals surface area contributed by atoms with Crippen molar-refractivity contribution in [3.8, 4) is 22.5 Å². The summed E-state index contributed by atoms with van der Waals surface area (Å²) in [5, 5.41) is 6.08. The molecule has 1 atom stereocenters. The van der Waals surface area contributed by atoms with Gasteiger partial charge >= 0.3 is 12.2 Å². The lowest BCUT2D eigenvalue weighted by atomic mass is 9.97. The molecule has 2 aromatic heterocycles. The zero-order valence-corrected chi connectivity index (χ0v) is 29.4. The second-order valence-electron chi connectivity index (χ2n) is 13.4. The molecule has 6 aromatic rings. The third-order valence-electron chi connectivity index (χ3n) is 9.02. The number of halogens is 1. The maximum absolute atomic E-state index is 14.3. The van der Waals surface area contributed by atoms with Gasteiger partial charge in [-0.3, -0.25) is 4.84 Å². The first-order chi connectivity index (χ1) is 24.1. The monoisotopic (exact) mass is 732 g/mol. The summed E-state index contributed by atoms with van der Waals surface area (Å²) in [6.07, 6.45) is -1.24. The number of benzene rings is 4. The summed E-state index contributed by atoms with van der Waals surface area (Å²) < 4.78 is 19.6. The van der Waals surface area contributed by atoms with Crippen LogP contribution in [0.15, 0.2) is 100.0 Å². The molecule has 1 aliphatic carbocycles. The van der Waals surface area contributed by atoms with E-state index < -0.39 is 23.8 Å². The Kier molecular flexibility index (Phi) is 7.84. The Balaban J connectivity index is 1.22. The van der Waals surface area contributed by atoms with Gasteiger partial charge in [0.1, 0.15) is 24.9 Å². The minimum Gasteiger partial charge on any atom is -0.447 e. The molecule has 252 valence electrons. The van der Waals surface area contributed by atoms with Crippen LogP contribution in [0.5, 0.6) is 0 Å². The summed E-state index contributed by atoms with van der Waals surface area (Å²) in [7, 11) is 0. The second kappa shape index (κ2) is 12.3. The second-order valence-corrected chi connectivity index (χ2v) is 14.3. The lowest BCUT2D eigenvalue weighted by Gasteiger charge is -2.35. The Labute approximate surface area is 296 Å². The summed E-state index contributed by atoms with van der Waals surface area (Å²) in [4.78, 5) is 38.9. The molecule has 0 spiro atoms. The van der Waals surface area contributed by atoms with Gasteiger partial charge < -0.3 is 14.0 Å². The number of hydroxylamine groups is 2. The summed E-state index contributed by atoms with van der Waals surface area (Å²) in [5.41, 5.74) is 7.04. The van der Waals surface area contributed by atoms with E-state index in [-0.39, 0.29) is 19.1 Å². The zero-order valence-electron chi connectivity index (χ0n) is 27.8. The van der Waals surface area contributed by atoms with Crippen LogP contribution in [0.4, 0.5) is 9.59 Å². The molecule has 10 nitrogen and oxygen atoms in total. The summed E-state index contributed by atoms with van der Waals surface area (Å²) in [6.45, 7) is 7.32. The van der Waals surface area contributed by atoms with Crippen molar-refractivity contribution in [1.29, 1.82) is 0 Å². The van der Waals surface area contributed by atoms with Gasteiger partial charge in [0.2, 0.25) is 11.7 Å². The highest BCUT2D eigenvalue weighted by atomic mass is 79.9. The molecular formula is C39H33BrN4O6. The first-order valence-electron chi connectivity index (χ1n) is 16.3. The molecule has 0 bridgehead atoms. The molecule has 1 aliphatic heterocycles. The molecule has 1 unspecified atom stereocenters. The van der Waals surface area contributed by atoms with Crippen LogP contribution in [0.25, 0.3) is 33.4 Å². The van der Waals surface area contributed by atoms with E-state index in [2.05, 4.69) is 50.3 Å². The van der Waals surface area contributed by atoms with Crippen LogP contribution in [0.1, 0.15) is 66.6 Å². The van der Waals surface area contributed by atoms with E-state index in [0.717, 1.165) is 43.2 Å². The fraction of sp³-hybridized carbons (Fsp3) is 0.231. The highest BCUT2D eigenvalue weighted by Crippen LogP contribution is 2.46. The van der Waals surface area contributed by atoms with Crippen LogP contribution in [0.2, 0.25) is 0 Å². The maximum atomic E-state index is 14.3. The van der Waals surface area contributed by atoms with Crippen molar-refractivity contribution in [1.82, 2.24) is 19.8 Å². The highest BCUT2D eigenvalue weighted by molar-refractivity contribution is 9.10. The Morgan fingerprint density at radius 1 is 0.920 bits per heavy atom. The molecular weight excluding hydrogens is 700 g/mol. The lowest BCUT2D eigenvalue weighted by molar-refractivity contribution is -0.176. The minimum atomic E-state index is -0.880. The van der Waals surface area contributed by atoms with Crippen LogP contribution in [-0.4, -0.2) is 44.2 Å². The van der Waals surface area contributed by atoms with Gasteiger partial charge in [0.15, 0.2) is 0 Å². The van der Waals surface area contributed by atoms with E-state index in [0.29, 0.717) is 28.5 Å². The predicted octanol–water partition coefficient (Wildman–Crippen LogP) is 9.33. The number of hydrogen-bond acceptors (Lipinski definition) is 8. The number of aromatic nitrogens is 3. The standard InChI is InChI=1S/C39H33BrN4O6/c1-22-41-36(42-50-22)24-15-13-23(14-16-24)34-35-32(30-19-25(40)17-18-33(30)43(35)37(45)49-39(2,3)4)21-48-44(34)38(46)47-20-31-28-11-7-5-9-26(28)27-10-6-8-12-29(27)31/h5-19,31,34H,20-21H2,1-4H3. The Hall–Kier alpha value is -5.26. The normalized spacial score (nSPS) is 15.5. The lowest BCUT2D eigenvalue weighted by Crippen LogP contribution is -2.41. The van der Waals surface area contributed by atoms with Crippen molar-refractivity contribution in [2.24, 2.45) is 0 Å². The van der Waals surface area contributed by atoms with E-state index in [1.165, 1.54) is 5.06 Å². The van der Waals surface area contributed by atoms with Gasteiger partial charge in [0.25, 0.3) is 0 Å². The Morgan fingerprint density at radius 3 is 2.24 bits per heavy atom.